The van der Waals surface area contributed by atoms with Gasteiger partial charge in [-0.2, -0.15) is 0 Å². The highest BCUT2D eigenvalue weighted by molar-refractivity contribution is 5.77. The molecule has 19 heavy (non-hydrogen) atoms. The first-order valence-corrected chi connectivity index (χ1v) is 8.03. The first-order valence-electron chi connectivity index (χ1n) is 8.03. The normalized spacial score (nSPS) is 27.4. The average molecular weight is 266 g/mol. The molecule has 0 radical (unpaired) electrons. The van der Waals surface area contributed by atoms with E-state index >= 15 is 0 Å². The second-order valence-corrected chi connectivity index (χ2v) is 7.19. The second-order valence-electron chi connectivity index (χ2n) is 7.19. The molecule has 2 rings (SSSR count). The Kier molecular flexibility index (Phi) is 4.88. The SMILES string of the molecule is CC(C)(CCN)CCC(=O)N1CCC2CCCCC21. The molecular weight excluding hydrogens is 236 g/mol. The molecule has 0 aromatic heterocycles. The summed E-state index contributed by atoms with van der Waals surface area (Å²) in [6, 6.07) is 0.568. The minimum Gasteiger partial charge on any atom is -0.339 e. The minimum atomic E-state index is 0.204. The standard InChI is InChI=1S/C16H30N2O/c1-16(2,10-11-17)9-7-15(19)18-12-8-13-5-3-4-6-14(13)18/h13-14H,3-12,17H2,1-2H3. The van der Waals surface area contributed by atoms with Gasteiger partial charge in [-0.3, -0.25) is 4.79 Å². The van der Waals surface area contributed by atoms with Crippen molar-refractivity contribution in [2.24, 2.45) is 17.1 Å². The largest absolute Gasteiger partial charge is 0.339 e. The molecule has 0 bridgehead atoms. The van der Waals surface area contributed by atoms with Crippen molar-refractivity contribution in [2.75, 3.05) is 13.1 Å². The summed E-state index contributed by atoms with van der Waals surface area (Å²) < 4.78 is 0. The van der Waals surface area contributed by atoms with Crippen molar-refractivity contribution in [3.05, 3.63) is 0 Å². The maximum Gasteiger partial charge on any atom is 0.222 e. The predicted molar refractivity (Wildman–Crippen MR) is 78.8 cm³/mol. The number of hydrogen-bond acceptors (Lipinski definition) is 2. The fourth-order valence-corrected chi connectivity index (χ4v) is 3.82. The number of carbonyl (C=O) groups is 1. The lowest BCUT2D eigenvalue weighted by molar-refractivity contribution is -0.133. The number of nitrogens with zero attached hydrogens (tertiary/aromatic N) is 1. The van der Waals surface area contributed by atoms with Gasteiger partial charge in [0.2, 0.25) is 5.91 Å². The zero-order chi connectivity index (χ0) is 13.9. The molecular formula is C16H30N2O. The van der Waals surface area contributed by atoms with Crippen LogP contribution in [0.25, 0.3) is 0 Å². The molecule has 2 fully saturated rings. The van der Waals surface area contributed by atoms with Gasteiger partial charge in [-0.1, -0.05) is 26.7 Å². The van der Waals surface area contributed by atoms with E-state index in [-0.39, 0.29) is 5.41 Å². The van der Waals surface area contributed by atoms with E-state index in [1.165, 1.54) is 32.1 Å². The van der Waals surface area contributed by atoms with Gasteiger partial charge in [0.05, 0.1) is 0 Å². The van der Waals surface area contributed by atoms with E-state index in [4.69, 9.17) is 5.73 Å². The molecule has 3 heteroatoms. The number of fused-ring (bicyclic) bond motifs is 1. The molecule has 0 spiro atoms. The van der Waals surface area contributed by atoms with Gasteiger partial charge in [-0.15, -0.1) is 0 Å². The molecule has 0 aromatic carbocycles. The van der Waals surface area contributed by atoms with Gasteiger partial charge in [0.15, 0.2) is 0 Å². The molecule has 1 aliphatic carbocycles. The third-order valence-electron chi connectivity index (χ3n) is 5.17. The topological polar surface area (TPSA) is 46.3 Å². The Labute approximate surface area is 117 Å². The zero-order valence-electron chi connectivity index (χ0n) is 12.7. The summed E-state index contributed by atoms with van der Waals surface area (Å²) in [7, 11) is 0. The first kappa shape index (κ1) is 14.8. The van der Waals surface area contributed by atoms with E-state index in [1.54, 1.807) is 0 Å². The summed E-state index contributed by atoms with van der Waals surface area (Å²) in [6.45, 7) is 6.17. The lowest BCUT2D eigenvalue weighted by Gasteiger charge is -2.32. The maximum atomic E-state index is 12.4. The average Bonchev–Trinajstić information content (AvgIpc) is 2.80. The highest BCUT2D eigenvalue weighted by Gasteiger charge is 2.38. The molecule has 2 atom stereocenters. The van der Waals surface area contributed by atoms with Crippen LogP contribution in [0.15, 0.2) is 0 Å². The Morgan fingerprint density at radius 3 is 2.68 bits per heavy atom. The van der Waals surface area contributed by atoms with Crippen LogP contribution >= 0.6 is 0 Å². The molecule has 2 N–H and O–H groups in total. The smallest absolute Gasteiger partial charge is 0.222 e. The van der Waals surface area contributed by atoms with E-state index in [0.29, 0.717) is 18.4 Å². The highest BCUT2D eigenvalue weighted by Crippen LogP contribution is 2.37. The van der Waals surface area contributed by atoms with Crippen molar-refractivity contribution in [2.45, 2.75) is 71.3 Å². The molecule has 1 saturated heterocycles. The van der Waals surface area contributed by atoms with Crippen LogP contribution in [0.1, 0.15) is 65.2 Å². The Hall–Kier alpha value is -0.570. The number of nitrogens with two attached hydrogens (primary N) is 1. The Morgan fingerprint density at radius 2 is 1.95 bits per heavy atom. The van der Waals surface area contributed by atoms with E-state index in [9.17, 15) is 4.79 Å². The molecule has 2 aliphatic rings. The van der Waals surface area contributed by atoms with Gasteiger partial charge in [-0.05, 0) is 50.0 Å². The number of carbonyl (C=O) groups excluding carboxylic acids is 1. The van der Waals surface area contributed by atoms with Crippen molar-refractivity contribution >= 4 is 5.91 Å². The quantitative estimate of drug-likeness (QED) is 0.831. The summed E-state index contributed by atoms with van der Waals surface area (Å²) in [5, 5.41) is 0. The van der Waals surface area contributed by atoms with Crippen molar-refractivity contribution in [3.8, 4) is 0 Å². The second kappa shape index (κ2) is 6.25. The Balaban J connectivity index is 1.83. The van der Waals surface area contributed by atoms with E-state index in [1.807, 2.05) is 0 Å². The first-order chi connectivity index (χ1) is 9.03. The van der Waals surface area contributed by atoms with E-state index in [0.717, 1.165) is 31.8 Å². The molecule has 1 aliphatic heterocycles. The summed E-state index contributed by atoms with van der Waals surface area (Å²) in [5.41, 5.74) is 5.84. The van der Waals surface area contributed by atoms with Crippen LogP contribution in [-0.4, -0.2) is 29.9 Å². The van der Waals surface area contributed by atoms with Gasteiger partial charge in [0.25, 0.3) is 0 Å². The third-order valence-corrected chi connectivity index (χ3v) is 5.17. The molecule has 2 unspecified atom stereocenters. The number of amides is 1. The van der Waals surface area contributed by atoms with Gasteiger partial charge < -0.3 is 10.6 Å². The summed E-state index contributed by atoms with van der Waals surface area (Å²) in [4.78, 5) is 14.6. The van der Waals surface area contributed by atoms with Crippen LogP contribution in [0.3, 0.4) is 0 Å². The molecule has 0 aromatic rings. The van der Waals surface area contributed by atoms with Crippen LogP contribution in [0.5, 0.6) is 0 Å². The zero-order valence-corrected chi connectivity index (χ0v) is 12.7. The predicted octanol–water partition coefficient (Wildman–Crippen LogP) is 2.93. The van der Waals surface area contributed by atoms with Crippen LogP contribution in [0, 0.1) is 11.3 Å². The van der Waals surface area contributed by atoms with E-state index < -0.39 is 0 Å². The summed E-state index contributed by atoms with van der Waals surface area (Å²) in [5.74, 6) is 1.19. The lowest BCUT2D eigenvalue weighted by Crippen LogP contribution is -2.39. The van der Waals surface area contributed by atoms with Gasteiger partial charge in [0, 0.05) is 19.0 Å². The van der Waals surface area contributed by atoms with Gasteiger partial charge in [-0.25, -0.2) is 0 Å². The Morgan fingerprint density at radius 1 is 1.21 bits per heavy atom. The van der Waals surface area contributed by atoms with Crippen molar-refractivity contribution in [1.82, 2.24) is 4.90 Å². The van der Waals surface area contributed by atoms with Crippen LogP contribution < -0.4 is 5.73 Å². The number of rotatable bonds is 5. The van der Waals surface area contributed by atoms with Gasteiger partial charge >= 0.3 is 0 Å². The highest BCUT2D eigenvalue weighted by atomic mass is 16.2. The molecule has 1 saturated carbocycles. The van der Waals surface area contributed by atoms with Crippen LogP contribution in [-0.2, 0) is 4.79 Å². The third kappa shape index (κ3) is 3.71. The van der Waals surface area contributed by atoms with Gasteiger partial charge in [0.1, 0.15) is 0 Å². The monoisotopic (exact) mass is 266 g/mol. The summed E-state index contributed by atoms with van der Waals surface area (Å²) >= 11 is 0. The maximum absolute atomic E-state index is 12.4. The molecule has 3 nitrogen and oxygen atoms in total. The molecule has 1 amide bonds. The fraction of sp³-hybridized carbons (Fsp3) is 0.938. The minimum absolute atomic E-state index is 0.204. The number of likely N-dealkylation sites (tertiary alicyclic amines) is 1. The fourth-order valence-electron chi connectivity index (χ4n) is 3.82. The molecule has 110 valence electrons. The lowest BCUT2D eigenvalue weighted by atomic mass is 9.83. The van der Waals surface area contributed by atoms with Crippen molar-refractivity contribution < 1.29 is 4.79 Å². The van der Waals surface area contributed by atoms with E-state index in [2.05, 4.69) is 18.7 Å². The molecule has 1 heterocycles. The Bertz CT molecular complexity index is 314. The van der Waals surface area contributed by atoms with Crippen LogP contribution in [0.4, 0.5) is 0 Å². The summed E-state index contributed by atoms with van der Waals surface area (Å²) in [6.07, 6.45) is 9.17. The van der Waals surface area contributed by atoms with Crippen molar-refractivity contribution in [3.63, 3.8) is 0 Å². The van der Waals surface area contributed by atoms with Crippen molar-refractivity contribution in [1.29, 1.82) is 0 Å². The van der Waals surface area contributed by atoms with Crippen LogP contribution in [0.2, 0.25) is 0 Å². The number of hydrogen-bond donors (Lipinski definition) is 1.